The van der Waals surface area contributed by atoms with E-state index < -0.39 is 0 Å². The predicted molar refractivity (Wildman–Crippen MR) is 83.9 cm³/mol. The van der Waals surface area contributed by atoms with Crippen LogP contribution in [0.3, 0.4) is 0 Å². The van der Waals surface area contributed by atoms with Gasteiger partial charge >= 0.3 is 0 Å². The molecule has 0 aliphatic carbocycles. The third-order valence-electron chi connectivity index (χ3n) is 3.40. The highest BCUT2D eigenvalue weighted by atomic mass is 16.5. The zero-order valence-corrected chi connectivity index (χ0v) is 12.1. The Morgan fingerprint density at radius 2 is 1.70 bits per heavy atom. The monoisotopic (exact) mass is 269 g/mol. The summed E-state index contributed by atoms with van der Waals surface area (Å²) in [5.74, 6) is 0.886. The van der Waals surface area contributed by atoms with Gasteiger partial charge in [0.25, 0.3) is 0 Å². The first-order valence-electron chi connectivity index (χ1n) is 7.32. The quantitative estimate of drug-likeness (QED) is 0.821. The molecule has 0 saturated heterocycles. The largest absolute Gasteiger partial charge is 0.492 e. The van der Waals surface area contributed by atoms with Gasteiger partial charge in [-0.25, -0.2) is 0 Å². The summed E-state index contributed by atoms with van der Waals surface area (Å²) in [6.07, 6.45) is 3.60. The first-order valence-corrected chi connectivity index (χ1v) is 7.32. The van der Waals surface area contributed by atoms with Crippen molar-refractivity contribution in [2.75, 3.05) is 6.61 Å². The lowest BCUT2D eigenvalue weighted by molar-refractivity contribution is 0.290. The van der Waals surface area contributed by atoms with E-state index in [0.29, 0.717) is 6.61 Å². The molecule has 0 saturated carbocycles. The third-order valence-corrected chi connectivity index (χ3v) is 3.40. The van der Waals surface area contributed by atoms with Gasteiger partial charge < -0.3 is 10.5 Å². The summed E-state index contributed by atoms with van der Waals surface area (Å²) in [6, 6.07) is 18.3. The van der Waals surface area contributed by atoms with Gasteiger partial charge in [0, 0.05) is 0 Å². The van der Waals surface area contributed by atoms with Crippen molar-refractivity contribution in [2.24, 2.45) is 5.73 Å². The maximum absolute atomic E-state index is 6.11. The van der Waals surface area contributed by atoms with E-state index in [-0.39, 0.29) is 6.04 Å². The summed E-state index contributed by atoms with van der Waals surface area (Å²) in [5.41, 5.74) is 8.58. The number of nitrogens with two attached hydrogens (primary N) is 1. The minimum absolute atomic E-state index is 0.0871. The molecular formula is C18H23NO. The number of hydrogen-bond acceptors (Lipinski definition) is 2. The maximum atomic E-state index is 6.11. The Morgan fingerprint density at radius 3 is 2.35 bits per heavy atom. The zero-order valence-electron chi connectivity index (χ0n) is 12.1. The molecule has 0 fully saturated rings. The van der Waals surface area contributed by atoms with E-state index in [2.05, 4.69) is 19.1 Å². The van der Waals surface area contributed by atoms with E-state index in [1.807, 2.05) is 42.5 Å². The van der Waals surface area contributed by atoms with Crippen LogP contribution in [0.5, 0.6) is 5.75 Å². The van der Waals surface area contributed by atoms with Crippen molar-refractivity contribution < 1.29 is 4.74 Å². The highest BCUT2D eigenvalue weighted by Crippen LogP contribution is 2.16. The summed E-state index contributed by atoms with van der Waals surface area (Å²) in [7, 11) is 0. The molecule has 1 unspecified atom stereocenters. The van der Waals surface area contributed by atoms with Crippen LogP contribution < -0.4 is 10.5 Å². The molecule has 0 bridgehead atoms. The molecule has 2 heteroatoms. The predicted octanol–water partition coefficient (Wildman–Crippen LogP) is 4.11. The molecule has 2 aromatic carbocycles. The number of aryl methyl sites for hydroxylation is 1. The van der Waals surface area contributed by atoms with Crippen LogP contribution in [0, 0.1) is 0 Å². The summed E-state index contributed by atoms with van der Waals surface area (Å²) in [4.78, 5) is 0. The zero-order chi connectivity index (χ0) is 14.2. The fourth-order valence-corrected chi connectivity index (χ4v) is 2.12. The van der Waals surface area contributed by atoms with E-state index in [1.54, 1.807) is 0 Å². The number of hydrogen-bond donors (Lipinski definition) is 1. The van der Waals surface area contributed by atoms with Gasteiger partial charge in [-0.1, -0.05) is 55.8 Å². The number of unbranched alkanes of at least 4 members (excludes halogenated alkanes) is 1. The van der Waals surface area contributed by atoms with Crippen molar-refractivity contribution in [1.29, 1.82) is 0 Å². The van der Waals surface area contributed by atoms with Crippen LogP contribution in [-0.2, 0) is 6.42 Å². The Labute approximate surface area is 121 Å². The molecule has 0 aliphatic rings. The standard InChI is InChI=1S/C18H23NO/c1-2-3-7-15-10-12-17(13-11-15)20-14-18(19)16-8-5-4-6-9-16/h4-6,8-13,18H,2-3,7,14,19H2,1H3. The lowest BCUT2D eigenvalue weighted by atomic mass is 10.1. The molecule has 0 radical (unpaired) electrons. The minimum atomic E-state index is -0.0871. The smallest absolute Gasteiger partial charge is 0.119 e. The molecule has 2 rings (SSSR count). The second kappa shape index (κ2) is 7.71. The van der Waals surface area contributed by atoms with Crippen molar-refractivity contribution in [3.8, 4) is 5.75 Å². The lowest BCUT2D eigenvalue weighted by Gasteiger charge is -2.13. The van der Waals surface area contributed by atoms with Crippen molar-refractivity contribution in [3.63, 3.8) is 0 Å². The van der Waals surface area contributed by atoms with Gasteiger partial charge in [-0.3, -0.25) is 0 Å². The van der Waals surface area contributed by atoms with Crippen LogP contribution in [-0.4, -0.2) is 6.61 Å². The molecule has 0 amide bonds. The Kier molecular flexibility index (Phi) is 5.63. The van der Waals surface area contributed by atoms with Gasteiger partial charge in [0.2, 0.25) is 0 Å². The van der Waals surface area contributed by atoms with Gasteiger partial charge in [0.05, 0.1) is 6.04 Å². The molecule has 0 spiro atoms. The third kappa shape index (κ3) is 4.39. The van der Waals surface area contributed by atoms with E-state index in [0.717, 1.165) is 17.7 Å². The van der Waals surface area contributed by atoms with Crippen LogP contribution >= 0.6 is 0 Å². The SMILES string of the molecule is CCCCc1ccc(OCC(N)c2ccccc2)cc1. The lowest BCUT2D eigenvalue weighted by Crippen LogP contribution is -2.18. The van der Waals surface area contributed by atoms with Crippen LogP contribution in [0.2, 0.25) is 0 Å². The minimum Gasteiger partial charge on any atom is -0.492 e. The molecular weight excluding hydrogens is 246 g/mol. The van der Waals surface area contributed by atoms with Crippen molar-refractivity contribution in [3.05, 3.63) is 65.7 Å². The summed E-state index contributed by atoms with van der Waals surface area (Å²) in [6.45, 7) is 2.71. The second-order valence-corrected chi connectivity index (χ2v) is 5.08. The Morgan fingerprint density at radius 1 is 1.00 bits per heavy atom. The molecule has 20 heavy (non-hydrogen) atoms. The van der Waals surface area contributed by atoms with E-state index in [1.165, 1.54) is 18.4 Å². The Bertz CT molecular complexity index is 493. The highest BCUT2D eigenvalue weighted by molar-refractivity contribution is 5.27. The first-order chi connectivity index (χ1) is 9.79. The summed E-state index contributed by atoms with van der Waals surface area (Å²) >= 11 is 0. The van der Waals surface area contributed by atoms with E-state index in [4.69, 9.17) is 10.5 Å². The number of ether oxygens (including phenoxy) is 1. The van der Waals surface area contributed by atoms with E-state index in [9.17, 15) is 0 Å². The average Bonchev–Trinajstić information content (AvgIpc) is 2.52. The van der Waals surface area contributed by atoms with Gasteiger partial charge in [-0.15, -0.1) is 0 Å². The van der Waals surface area contributed by atoms with Gasteiger partial charge in [0.1, 0.15) is 12.4 Å². The summed E-state index contributed by atoms with van der Waals surface area (Å²) in [5, 5.41) is 0. The second-order valence-electron chi connectivity index (χ2n) is 5.08. The molecule has 106 valence electrons. The number of benzene rings is 2. The molecule has 0 heterocycles. The fourth-order valence-electron chi connectivity index (χ4n) is 2.12. The maximum Gasteiger partial charge on any atom is 0.119 e. The van der Waals surface area contributed by atoms with Crippen LogP contribution in [0.4, 0.5) is 0 Å². The highest BCUT2D eigenvalue weighted by Gasteiger charge is 2.06. The topological polar surface area (TPSA) is 35.2 Å². The van der Waals surface area contributed by atoms with Crippen LogP contribution in [0.15, 0.2) is 54.6 Å². The molecule has 2 nitrogen and oxygen atoms in total. The van der Waals surface area contributed by atoms with Gasteiger partial charge in [-0.2, -0.15) is 0 Å². The first kappa shape index (κ1) is 14.6. The fraction of sp³-hybridized carbons (Fsp3) is 0.333. The van der Waals surface area contributed by atoms with Crippen molar-refractivity contribution in [2.45, 2.75) is 32.2 Å². The molecule has 0 aromatic heterocycles. The molecule has 2 N–H and O–H groups in total. The molecule has 0 aliphatic heterocycles. The summed E-state index contributed by atoms with van der Waals surface area (Å²) < 4.78 is 5.76. The van der Waals surface area contributed by atoms with E-state index >= 15 is 0 Å². The molecule has 1 atom stereocenters. The Hall–Kier alpha value is -1.80. The van der Waals surface area contributed by atoms with Crippen molar-refractivity contribution in [1.82, 2.24) is 0 Å². The van der Waals surface area contributed by atoms with Gasteiger partial charge in [0.15, 0.2) is 0 Å². The van der Waals surface area contributed by atoms with Crippen molar-refractivity contribution >= 4 is 0 Å². The van der Waals surface area contributed by atoms with Crippen LogP contribution in [0.1, 0.15) is 36.9 Å². The van der Waals surface area contributed by atoms with Crippen LogP contribution in [0.25, 0.3) is 0 Å². The average molecular weight is 269 g/mol. The number of rotatable bonds is 7. The van der Waals surface area contributed by atoms with Gasteiger partial charge in [-0.05, 0) is 36.1 Å². The molecule has 2 aromatic rings. The Balaban J connectivity index is 1.84. The normalized spacial score (nSPS) is 12.1.